The van der Waals surface area contributed by atoms with E-state index in [0.717, 1.165) is 0 Å². The van der Waals surface area contributed by atoms with Crippen molar-refractivity contribution in [2.75, 3.05) is 13.7 Å². The lowest BCUT2D eigenvalue weighted by Gasteiger charge is -2.22. The van der Waals surface area contributed by atoms with E-state index in [9.17, 15) is 8.42 Å². The van der Waals surface area contributed by atoms with Gasteiger partial charge in [0.25, 0.3) is 0 Å². The summed E-state index contributed by atoms with van der Waals surface area (Å²) >= 11 is 0. The molecule has 0 saturated heterocycles. The molecular weight excluding hydrogens is 292 g/mol. The quantitative estimate of drug-likeness (QED) is 0.760. The molecule has 0 atom stereocenters. The van der Waals surface area contributed by atoms with Crippen LogP contribution in [-0.4, -0.2) is 33.7 Å². The second-order valence-corrected chi connectivity index (χ2v) is 7.81. The third kappa shape index (κ3) is 4.54. The van der Waals surface area contributed by atoms with Crippen LogP contribution >= 0.6 is 0 Å². The van der Waals surface area contributed by atoms with Crippen molar-refractivity contribution in [3.05, 3.63) is 17.6 Å². The fourth-order valence-corrected chi connectivity index (χ4v) is 3.23. The van der Waals surface area contributed by atoms with Crippen LogP contribution in [0, 0.1) is 6.92 Å². The number of methoxy groups -OCH3 is 1. The molecule has 7 heteroatoms. The normalized spacial score (nSPS) is 16.4. The van der Waals surface area contributed by atoms with Crippen molar-refractivity contribution < 1.29 is 17.6 Å². The predicted octanol–water partition coefficient (Wildman–Crippen LogP) is 1.54. The fourth-order valence-electron chi connectivity index (χ4n) is 1.83. The minimum Gasteiger partial charge on any atom is -0.464 e. The first-order valence-electron chi connectivity index (χ1n) is 7.11. The zero-order valence-electron chi connectivity index (χ0n) is 13.0. The van der Waals surface area contributed by atoms with E-state index in [4.69, 9.17) is 9.15 Å². The van der Waals surface area contributed by atoms with E-state index in [2.05, 4.69) is 10.0 Å². The molecule has 1 aromatic heterocycles. The van der Waals surface area contributed by atoms with Crippen LogP contribution < -0.4 is 10.0 Å². The molecule has 0 radical (unpaired) electrons. The predicted molar refractivity (Wildman–Crippen MR) is 79.6 cm³/mol. The monoisotopic (exact) mass is 316 g/mol. The molecule has 0 amide bonds. The molecule has 1 fully saturated rings. The molecule has 0 aromatic carbocycles. The molecule has 2 rings (SSSR count). The zero-order valence-corrected chi connectivity index (χ0v) is 13.8. The molecule has 0 bridgehead atoms. The molecule has 1 heterocycles. The van der Waals surface area contributed by atoms with Crippen LogP contribution in [-0.2, 0) is 21.3 Å². The van der Waals surface area contributed by atoms with Crippen molar-refractivity contribution in [1.29, 1.82) is 0 Å². The summed E-state index contributed by atoms with van der Waals surface area (Å²) in [6, 6.07) is 2.14. The summed E-state index contributed by atoms with van der Waals surface area (Å²) < 4.78 is 38.0. The number of ether oxygens (including phenoxy) is 1. The van der Waals surface area contributed by atoms with E-state index in [1.165, 1.54) is 12.8 Å². The maximum Gasteiger partial charge on any atom is 0.244 e. The van der Waals surface area contributed by atoms with Crippen molar-refractivity contribution in [2.45, 2.75) is 56.7 Å². The van der Waals surface area contributed by atoms with Crippen LogP contribution in [0.1, 0.15) is 38.2 Å². The van der Waals surface area contributed by atoms with Crippen LogP contribution in [0.3, 0.4) is 0 Å². The van der Waals surface area contributed by atoms with Crippen LogP contribution in [0.4, 0.5) is 0 Å². The van der Waals surface area contributed by atoms with Crippen molar-refractivity contribution in [3.8, 4) is 0 Å². The van der Waals surface area contributed by atoms with Crippen molar-refractivity contribution >= 4 is 10.0 Å². The standard InChI is InChI=1S/C14H24N2O4S/c1-10-13(7-12(20-10)8-15-11-5-6-11)21(17,18)16-9-14(2,3)19-4/h7,11,15-16H,5-6,8-9H2,1-4H3. The topological polar surface area (TPSA) is 80.6 Å². The lowest BCUT2D eigenvalue weighted by atomic mass is 10.1. The molecule has 1 saturated carbocycles. The van der Waals surface area contributed by atoms with E-state index in [1.54, 1.807) is 20.1 Å². The Morgan fingerprint density at radius 1 is 1.43 bits per heavy atom. The Labute approximate surface area is 126 Å². The van der Waals surface area contributed by atoms with Gasteiger partial charge in [-0.3, -0.25) is 0 Å². The average molecular weight is 316 g/mol. The molecule has 1 aliphatic carbocycles. The number of hydrogen-bond donors (Lipinski definition) is 2. The van der Waals surface area contributed by atoms with Crippen molar-refractivity contribution in [1.82, 2.24) is 10.0 Å². The van der Waals surface area contributed by atoms with Gasteiger partial charge in [-0.1, -0.05) is 0 Å². The van der Waals surface area contributed by atoms with Crippen molar-refractivity contribution in [3.63, 3.8) is 0 Å². The van der Waals surface area contributed by atoms with E-state index >= 15 is 0 Å². The Bertz CT molecular complexity index is 588. The summed E-state index contributed by atoms with van der Waals surface area (Å²) in [5, 5.41) is 3.30. The maximum atomic E-state index is 12.3. The number of sulfonamides is 1. The minimum absolute atomic E-state index is 0.196. The molecule has 0 spiro atoms. The van der Waals surface area contributed by atoms with Gasteiger partial charge in [0.1, 0.15) is 16.4 Å². The SMILES string of the molecule is COC(C)(C)CNS(=O)(=O)c1cc(CNC2CC2)oc1C. The highest BCUT2D eigenvalue weighted by molar-refractivity contribution is 7.89. The van der Waals surface area contributed by atoms with Gasteiger partial charge in [-0.05, 0) is 33.6 Å². The Hall–Kier alpha value is -0.890. The Balaban J connectivity index is 2.04. The number of rotatable bonds is 8. The molecule has 1 aliphatic rings. The van der Waals surface area contributed by atoms with Crippen molar-refractivity contribution in [2.24, 2.45) is 0 Å². The smallest absolute Gasteiger partial charge is 0.244 e. The number of furan rings is 1. The first-order chi connectivity index (χ1) is 9.73. The van der Waals surface area contributed by atoms with E-state index in [-0.39, 0.29) is 11.4 Å². The molecule has 120 valence electrons. The third-order valence-corrected chi connectivity index (χ3v) is 5.10. The van der Waals surface area contributed by atoms with Crippen LogP contribution in [0.2, 0.25) is 0 Å². The summed E-state index contributed by atoms with van der Waals surface area (Å²) in [6.07, 6.45) is 2.36. The van der Waals surface area contributed by atoms with Gasteiger partial charge in [-0.15, -0.1) is 0 Å². The lowest BCUT2D eigenvalue weighted by molar-refractivity contribution is 0.0276. The van der Waals surface area contributed by atoms with Gasteiger partial charge in [-0.25, -0.2) is 13.1 Å². The Kier molecular flexibility index (Phi) is 4.77. The van der Waals surface area contributed by atoms with Gasteiger partial charge in [0.15, 0.2) is 0 Å². The number of nitrogens with one attached hydrogen (secondary N) is 2. The highest BCUT2D eigenvalue weighted by Gasteiger charge is 2.26. The van der Waals surface area contributed by atoms with E-state index in [0.29, 0.717) is 24.1 Å². The molecule has 6 nitrogen and oxygen atoms in total. The summed E-state index contributed by atoms with van der Waals surface area (Å²) in [6.45, 7) is 6.07. The van der Waals surface area contributed by atoms with Gasteiger partial charge in [0.2, 0.25) is 10.0 Å². The molecule has 0 unspecified atom stereocenters. The Morgan fingerprint density at radius 3 is 2.67 bits per heavy atom. The first kappa shape index (κ1) is 16.5. The minimum atomic E-state index is -3.59. The summed E-state index contributed by atoms with van der Waals surface area (Å²) in [5.41, 5.74) is -0.554. The van der Waals surface area contributed by atoms with Gasteiger partial charge in [-0.2, -0.15) is 0 Å². The molecular formula is C14H24N2O4S. The van der Waals surface area contributed by atoms with Gasteiger partial charge >= 0.3 is 0 Å². The third-order valence-electron chi connectivity index (χ3n) is 3.60. The molecule has 0 aliphatic heterocycles. The molecule has 21 heavy (non-hydrogen) atoms. The number of aryl methyl sites for hydroxylation is 1. The van der Waals surface area contributed by atoms with E-state index in [1.807, 2.05) is 13.8 Å². The lowest BCUT2D eigenvalue weighted by Crippen LogP contribution is -2.39. The first-order valence-corrected chi connectivity index (χ1v) is 8.59. The summed E-state index contributed by atoms with van der Waals surface area (Å²) in [7, 11) is -2.03. The van der Waals surface area contributed by atoms with Gasteiger partial charge in [0, 0.05) is 25.8 Å². The summed E-state index contributed by atoms with van der Waals surface area (Å²) in [4.78, 5) is 0.196. The molecule has 1 aromatic rings. The highest BCUT2D eigenvalue weighted by atomic mass is 32.2. The second-order valence-electron chi connectivity index (χ2n) is 6.08. The largest absolute Gasteiger partial charge is 0.464 e. The highest BCUT2D eigenvalue weighted by Crippen LogP contribution is 2.23. The van der Waals surface area contributed by atoms with Gasteiger partial charge in [0.05, 0.1) is 12.1 Å². The van der Waals surface area contributed by atoms with Crippen LogP contribution in [0.5, 0.6) is 0 Å². The van der Waals surface area contributed by atoms with Crippen LogP contribution in [0.15, 0.2) is 15.4 Å². The average Bonchev–Trinajstić information content (AvgIpc) is 3.17. The fraction of sp³-hybridized carbons (Fsp3) is 0.714. The van der Waals surface area contributed by atoms with Gasteiger partial charge < -0.3 is 14.5 Å². The Morgan fingerprint density at radius 2 is 2.10 bits per heavy atom. The van der Waals surface area contributed by atoms with Crippen LogP contribution in [0.25, 0.3) is 0 Å². The zero-order chi connectivity index (χ0) is 15.7. The second kappa shape index (κ2) is 6.08. The number of hydrogen-bond acceptors (Lipinski definition) is 5. The summed E-state index contributed by atoms with van der Waals surface area (Å²) in [5.74, 6) is 1.05. The molecule has 2 N–H and O–H groups in total. The maximum absolute atomic E-state index is 12.3. The van der Waals surface area contributed by atoms with E-state index < -0.39 is 15.6 Å².